The van der Waals surface area contributed by atoms with Crippen molar-refractivity contribution in [2.75, 3.05) is 12.5 Å². The Morgan fingerprint density at radius 2 is 1.96 bits per heavy atom. The molecule has 0 saturated carbocycles. The first kappa shape index (κ1) is 15.9. The van der Waals surface area contributed by atoms with E-state index in [1.165, 1.54) is 17.8 Å². The molecule has 0 fully saturated rings. The highest BCUT2D eigenvalue weighted by atomic mass is 32.2. The van der Waals surface area contributed by atoms with Gasteiger partial charge in [-0.3, -0.25) is 10.4 Å². The number of hydrogen-bond donors (Lipinski definition) is 1. The minimum absolute atomic E-state index is 0.242. The van der Waals surface area contributed by atoms with Crippen LogP contribution in [-0.4, -0.2) is 23.4 Å². The third-order valence-corrected chi connectivity index (χ3v) is 4.64. The molecular formula is C17H13F2N3O2S. The fourth-order valence-corrected chi connectivity index (χ4v) is 3.19. The molecule has 0 radical (unpaired) electrons. The molecule has 0 unspecified atom stereocenters. The molecule has 2 aromatic rings. The zero-order valence-electron chi connectivity index (χ0n) is 13.0. The summed E-state index contributed by atoms with van der Waals surface area (Å²) in [6.07, 6.45) is 0. The molecule has 0 spiro atoms. The van der Waals surface area contributed by atoms with E-state index in [0.29, 0.717) is 28.7 Å². The topological polar surface area (TPSA) is 55.2 Å². The Morgan fingerprint density at radius 3 is 2.76 bits per heavy atom. The Morgan fingerprint density at radius 1 is 1.08 bits per heavy atom. The number of ether oxygens (including phenoxy) is 2. The first-order chi connectivity index (χ1) is 12.2. The molecule has 0 amide bonds. The molecule has 4 rings (SSSR count). The van der Waals surface area contributed by atoms with Crippen molar-refractivity contribution in [3.05, 3.63) is 59.2 Å². The molecule has 25 heavy (non-hydrogen) atoms. The maximum Gasteiger partial charge on any atom is 0.231 e. The van der Waals surface area contributed by atoms with Crippen molar-refractivity contribution < 1.29 is 18.3 Å². The van der Waals surface area contributed by atoms with E-state index in [1.807, 2.05) is 18.2 Å². The number of halogens is 2. The van der Waals surface area contributed by atoms with E-state index >= 15 is 0 Å². The average molecular weight is 361 g/mol. The van der Waals surface area contributed by atoms with E-state index in [4.69, 9.17) is 9.47 Å². The highest BCUT2D eigenvalue weighted by Gasteiger charge is 2.16. The normalized spacial score (nSPS) is 17.4. The van der Waals surface area contributed by atoms with Gasteiger partial charge in [-0.1, -0.05) is 17.8 Å². The summed E-state index contributed by atoms with van der Waals surface area (Å²) >= 11 is 1.46. The highest BCUT2D eigenvalue weighted by Crippen LogP contribution is 2.32. The Labute approximate surface area is 146 Å². The largest absolute Gasteiger partial charge is 0.454 e. The van der Waals surface area contributed by atoms with Gasteiger partial charge < -0.3 is 9.47 Å². The summed E-state index contributed by atoms with van der Waals surface area (Å²) < 4.78 is 36.9. The van der Waals surface area contributed by atoms with Gasteiger partial charge >= 0.3 is 0 Å². The summed E-state index contributed by atoms with van der Waals surface area (Å²) in [6.45, 7) is 0.716. The van der Waals surface area contributed by atoms with Gasteiger partial charge in [0.15, 0.2) is 28.3 Å². The summed E-state index contributed by atoms with van der Waals surface area (Å²) in [5.41, 5.74) is 5.04. The third-order valence-electron chi connectivity index (χ3n) is 3.73. The van der Waals surface area contributed by atoms with E-state index in [9.17, 15) is 8.78 Å². The minimum atomic E-state index is -0.882. The zero-order valence-corrected chi connectivity index (χ0v) is 13.8. The van der Waals surface area contributed by atoms with Crippen LogP contribution in [0.2, 0.25) is 0 Å². The zero-order chi connectivity index (χ0) is 17.2. The fraction of sp³-hybridized carbons (Fsp3) is 0.176. The lowest BCUT2D eigenvalue weighted by atomic mass is 10.1. The van der Waals surface area contributed by atoms with Crippen LogP contribution >= 0.6 is 11.8 Å². The lowest BCUT2D eigenvalue weighted by molar-refractivity contribution is 0.174. The summed E-state index contributed by atoms with van der Waals surface area (Å²) in [6, 6.07) is 9.44. The molecule has 2 aromatic carbocycles. The molecule has 8 heteroatoms. The molecular weight excluding hydrogens is 348 g/mol. The van der Waals surface area contributed by atoms with Gasteiger partial charge in [-0.05, 0) is 35.9 Å². The van der Waals surface area contributed by atoms with E-state index in [2.05, 4.69) is 15.5 Å². The quantitative estimate of drug-likeness (QED) is 0.912. The van der Waals surface area contributed by atoms with E-state index in [0.717, 1.165) is 29.2 Å². The molecule has 0 saturated heterocycles. The number of hydrogen-bond acceptors (Lipinski definition) is 5. The standard InChI is InChI=1S/C17H13F2N3O2S/c18-12-3-2-11(6-13(12)19)14-8-25-17(22-21-14)20-7-10-1-4-15-16(5-10)24-9-23-15/h1-6H,7-9H2,(H,20,22). The number of thioether (sulfide) groups is 1. The predicted octanol–water partition coefficient (Wildman–Crippen LogP) is 3.29. The molecule has 5 nitrogen and oxygen atoms in total. The second kappa shape index (κ2) is 6.72. The average Bonchev–Trinajstić information content (AvgIpc) is 3.10. The van der Waals surface area contributed by atoms with Crippen LogP contribution in [0.4, 0.5) is 8.78 Å². The van der Waals surface area contributed by atoms with Crippen LogP contribution in [-0.2, 0) is 6.54 Å². The lowest BCUT2D eigenvalue weighted by Gasteiger charge is -2.15. The molecule has 0 aromatic heterocycles. The van der Waals surface area contributed by atoms with Gasteiger partial charge in [0.2, 0.25) is 6.79 Å². The van der Waals surface area contributed by atoms with E-state index in [-0.39, 0.29) is 6.79 Å². The second-order valence-electron chi connectivity index (χ2n) is 5.40. The number of nitrogens with zero attached hydrogens (tertiary/aromatic N) is 2. The van der Waals surface area contributed by atoms with Gasteiger partial charge in [0.1, 0.15) is 0 Å². The highest BCUT2D eigenvalue weighted by molar-refractivity contribution is 8.14. The molecule has 2 aliphatic rings. The lowest BCUT2D eigenvalue weighted by Crippen LogP contribution is -2.25. The van der Waals surface area contributed by atoms with Gasteiger partial charge in [-0.2, -0.15) is 5.10 Å². The molecule has 1 N–H and O–H groups in total. The Hall–Kier alpha value is -2.61. The number of hydrazone groups is 1. The third kappa shape index (κ3) is 3.43. The van der Waals surface area contributed by atoms with Crippen LogP contribution in [0.3, 0.4) is 0 Å². The Kier molecular flexibility index (Phi) is 4.27. The van der Waals surface area contributed by atoms with Crippen molar-refractivity contribution >= 4 is 22.6 Å². The number of fused-ring (bicyclic) bond motifs is 1. The molecule has 0 atom stereocenters. The Balaban J connectivity index is 1.43. The van der Waals surface area contributed by atoms with Crippen LogP contribution in [0, 0.1) is 11.6 Å². The van der Waals surface area contributed by atoms with Crippen molar-refractivity contribution in [2.24, 2.45) is 10.1 Å². The predicted molar refractivity (Wildman–Crippen MR) is 92.2 cm³/mol. The van der Waals surface area contributed by atoms with Gasteiger partial charge in [0.05, 0.1) is 12.3 Å². The van der Waals surface area contributed by atoms with Gasteiger partial charge in [-0.25, -0.2) is 8.78 Å². The van der Waals surface area contributed by atoms with Crippen molar-refractivity contribution in [3.63, 3.8) is 0 Å². The smallest absolute Gasteiger partial charge is 0.231 e. The summed E-state index contributed by atoms with van der Waals surface area (Å²) in [7, 11) is 0. The van der Waals surface area contributed by atoms with Crippen LogP contribution < -0.4 is 14.9 Å². The van der Waals surface area contributed by atoms with Gasteiger partial charge in [0.25, 0.3) is 0 Å². The first-order valence-electron chi connectivity index (χ1n) is 7.53. The van der Waals surface area contributed by atoms with Crippen LogP contribution in [0.1, 0.15) is 11.1 Å². The number of nitrogens with one attached hydrogen (secondary N) is 1. The molecule has 128 valence electrons. The summed E-state index contributed by atoms with van der Waals surface area (Å²) in [5, 5.41) is 4.87. The molecule has 0 bridgehead atoms. The molecule has 2 aliphatic heterocycles. The Bertz CT molecular complexity index is 886. The first-order valence-corrected chi connectivity index (χ1v) is 8.51. The van der Waals surface area contributed by atoms with Crippen molar-refractivity contribution in [2.45, 2.75) is 6.54 Å². The number of amidine groups is 1. The fourth-order valence-electron chi connectivity index (χ4n) is 2.42. The number of rotatable bonds is 3. The van der Waals surface area contributed by atoms with E-state index < -0.39 is 11.6 Å². The number of benzene rings is 2. The summed E-state index contributed by atoms with van der Waals surface area (Å²) in [4.78, 5) is 4.47. The molecule has 2 heterocycles. The SMILES string of the molecule is Fc1ccc(C2=NNC(=NCc3ccc4c(c3)OCO4)SC2)cc1F. The van der Waals surface area contributed by atoms with Gasteiger partial charge in [-0.15, -0.1) is 0 Å². The van der Waals surface area contributed by atoms with Crippen LogP contribution in [0.15, 0.2) is 46.5 Å². The monoisotopic (exact) mass is 361 g/mol. The van der Waals surface area contributed by atoms with Crippen molar-refractivity contribution in [1.29, 1.82) is 0 Å². The molecule has 0 aliphatic carbocycles. The maximum atomic E-state index is 13.3. The number of aliphatic imine (C=N–C) groups is 1. The maximum absolute atomic E-state index is 13.3. The van der Waals surface area contributed by atoms with E-state index in [1.54, 1.807) is 0 Å². The van der Waals surface area contributed by atoms with Crippen molar-refractivity contribution in [1.82, 2.24) is 5.43 Å². The second-order valence-corrected chi connectivity index (χ2v) is 6.36. The minimum Gasteiger partial charge on any atom is -0.454 e. The van der Waals surface area contributed by atoms with Gasteiger partial charge in [0, 0.05) is 11.3 Å². The summed E-state index contributed by atoms with van der Waals surface area (Å²) in [5.74, 6) is 0.236. The van der Waals surface area contributed by atoms with Crippen LogP contribution in [0.25, 0.3) is 0 Å². The van der Waals surface area contributed by atoms with Crippen LogP contribution in [0.5, 0.6) is 11.5 Å². The van der Waals surface area contributed by atoms with Crippen molar-refractivity contribution in [3.8, 4) is 11.5 Å².